The molecule has 106 valence electrons. The summed E-state index contributed by atoms with van der Waals surface area (Å²) in [6.07, 6.45) is 5.30. The van der Waals surface area contributed by atoms with Gasteiger partial charge in [0.15, 0.2) is 12.1 Å². The minimum absolute atomic E-state index is 0.578. The predicted molar refractivity (Wildman–Crippen MR) is 81.8 cm³/mol. The smallest absolute Gasteiger partial charge is 0.170 e. The predicted octanol–water partition coefficient (Wildman–Crippen LogP) is 2.22. The van der Waals surface area contributed by atoms with E-state index in [-0.39, 0.29) is 0 Å². The highest BCUT2D eigenvalue weighted by Crippen LogP contribution is 2.19. The molecule has 0 N–H and O–H groups in total. The van der Waals surface area contributed by atoms with Gasteiger partial charge >= 0.3 is 0 Å². The third-order valence-corrected chi connectivity index (χ3v) is 3.45. The second-order valence-corrected chi connectivity index (χ2v) is 4.86. The summed E-state index contributed by atoms with van der Waals surface area (Å²) < 4.78 is 1.81. The Morgan fingerprint density at radius 3 is 2.86 bits per heavy atom. The maximum atomic E-state index is 11.4. The highest BCUT2D eigenvalue weighted by molar-refractivity contribution is 5.83. The van der Waals surface area contributed by atoms with E-state index in [1.54, 1.807) is 10.6 Å². The normalized spacial score (nSPS) is 10.7. The van der Waals surface area contributed by atoms with Crippen LogP contribution >= 0.6 is 0 Å². The Bertz CT molecular complexity index is 751. The molecular formula is C16H16N4O. The number of hydrogen-bond acceptors (Lipinski definition) is 4. The maximum absolute atomic E-state index is 11.4. The van der Waals surface area contributed by atoms with Crippen molar-refractivity contribution in [3.05, 3.63) is 60.2 Å². The maximum Gasteiger partial charge on any atom is 0.170 e. The van der Waals surface area contributed by atoms with E-state index in [1.807, 2.05) is 54.5 Å². The van der Waals surface area contributed by atoms with E-state index in [2.05, 4.69) is 9.97 Å². The monoisotopic (exact) mass is 280 g/mol. The van der Waals surface area contributed by atoms with Crippen LogP contribution in [0, 0.1) is 0 Å². The molecule has 0 saturated carbocycles. The summed E-state index contributed by atoms with van der Waals surface area (Å²) in [5.74, 6) is 0.701. The van der Waals surface area contributed by atoms with E-state index >= 15 is 0 Å². The summed E-state index contributed by atoms with van der Waals surface area (Å²) >= 11 is 0. The molecule has 0 bridgehead atoms. The largest absolute Gasteiger partial charge is 0.357 e. The van der Waals surface area contributed by atoms with Crippen molar-refractivity contribution in [1.82, 2.24) is 14.4 Å². The van der Waals surface area contributed by atoms with Gasteiger partial charge in [-0.2, -0.15) is 0 Å². The number of rotatable bonds is 5. The van der Waals surface area contributed by atoms with Gasteiger partial charge in [0.1, 0.15) is 11.3 Å². The van der Waals surface area contributed by atoms with Gasteiger partial charge in [0, 0.05) is 38.1 Å². The number of aromatic nitrogens is 3. The lowest BCUT2D eigenvalue weighted by molar-refractivity contribution is 0.111. The quantitative estimate of drug-likeness (QED) is 0.672. The molecule has 5 heteroatoms. The lowest BCUT2D eigenvalue weighted by atomic mass is 10.2. The Balaban J connectivity index is 1.84. The van der Waals surface area contributed by atoms with Gasteiger partial charge in [-0.1, -0.05) is 12.1 Å². The highest BCUT2D eigenvalue weighted by atomic mass is 16.1. The van der Waals surface area contributed by atoms with Gasteiger partial charge < -0.3 is 4.90 Å². The molecule has 0 aromatic carbocycles. The second kappa shape index (κ2) is 5.75. The lowest BCUT2D eigenvalue weighted by Crippen LogP contribution is -2.22. The third kappa shape index (κ3) is 2.63. The van der Waals surface area contributed by atoms with Crippen molar-refractivity contribution in [3.63, 3.8) is 0 Å². The molecule has 3 rings (SSSR count). The number of anilines is 1. The van der Waals surface area contributed by atoms with Crippen molar-refractivity contribution >= 4 is 17.8 Å². The van der Waals surface area contributed by atoms with Crippen LogP contribution in [0.5, 0.6) is 0 Å². The lowest BCUT2D eigenvalue weighted by Gasteiger charge is -2.16. The minimum atomic E-state index is 0.578. The molecule has 0 unspecified atom stereocenters. The molecule has 3 heterocycles. The van der Waals surface area contributed by atoms with E-state index < -0.39 is 0 Å². The molecule has 21 heavy (non-hydrogen) atoms. The van der Waals surface area contributed by atoms with E-state index in [9.17, 15) is 4.79 Å². The Labute approximate surface area is 122 Å². The van der Waals surface area contributed by atoms with Gasteiger partial charge in [-0.25, -0.2) is 4.98 Å². The van der Waals surface area contributed by atoms with Crippen LogP contribution in [0.1, 0.15) is 16.2 Å². The summed E-state index contributed by atoms with van der Waals surface area (Å²) in [5, 5.41) is 0. The van der Waals surface area contributed by atoms with Gasteiger partial charge in [-0.05, 0) is 24.3 Å². The van der Waals surface area contributed by atoms with Crippen LogP contribution in [0.25, 0.3) is 5.65 Å². The van der Waals surface area contributed by atoms with Crippen molar-refractivity contribution in [1.29, 1.82) is 0 Å². The van der Waals surface area contributed by atoms with Crippen LogP contribution in [0.15, 0.2) is 48.8 Å². The van der Waals surface area contributed by atoms with E-state index in [4.69, 9.17) is 0 Å². The summed E-state index contributed by atoms with van der Waals surface area (Å²) in [6, 6.07) is 11.6. The zero-order valence-corrected chi connectivity index (χ0v) is 11.8. The number of carbonyl (C=O) groups is 1. The van der Waals surface area contributed by atoms with Crippen LogP contribution in [-0.2, 0) is 6.42 Å². The van der Waals surface area contributed by atoms with Gasteiger partial charge in [-0.3, -0.25) is 14.2 Å². The topological polar surface area (TPSA) is 50.5 Å². The fourth-order valence-corrected chi connectivity index (χ4v) is 2.33. The molecular weight excluding hydrogens is 264 g/mol. The van der Waals surface area contributed by atoms with Crippen molar-refractivity contribution in [2.45, 2.75) is 6.42 Å². The van der Waals surface area contributed by atoms with Crippen molar-refractivity contribution in [2.24, 2.45) is 0 Å². The van der Waals surface area contributed by atoms with E-state index in [1.165, 1.54) is 0 Å². The molecule has 0 atom stereocenters. The number of fused-ring (bicyclic) bond motifs is 1. The fourth-order valence-electron chi connectivity index (χ4n) is 2.33. The van der Waals surface area contributed by atoms with Gasteiger partial charge in [-0.15, -0.1) is 0 Å². The number of carbonyl (C=O) groups excluding carboxylic acids is 1. The third-order valence-electron chi connectivity index (χ3n) is 3.45. The first-order chi connectivity index (χ1) is 10.3. The molecule has 0 spiro atoms. The van der Waals surface area contributed by atoms with E-state index in [0.717, 1.165) is 30.6 Å². The van der Waals surface area contributed by atoms with Crippen LogP contribution in [-0.4, -0.2) is 34.2 Å². The Morgan fingerprint density at radius 2 is 2.10 bits per heavy atom. The number of likely N-dealkylation sites (N-methyl/N-ethyl adjacent to an activating group) is 1. The molecule has 5 nitrogen and oxygen atoms in total. The molecule has 0 amide bonds. The van der Waals surface area contributed by atoms with Crippen LogP contribution in [0.3, 0.4) is 0 Å². The van der Waals surface area contributed by atoms with Crippen LogP contribution in [0.2, 0.25) is 0 Å². The van der Waals surface area contributed by atoms with E-state index in [0.29, 0.717) is 11.5 Å². The zero-order chi connectivity index (χ0) is 14.7. The molecule has 3 aromatic rings. The van der Waals surface area contributed by atoms with Crippen molar-refractivity contribution in [3.8, 4) is 0 Å². The Hall–Kier alpha value is -2.69. The van der Waals surface area contributed by atoms with Gasteiger partial charge in [0.05, 0.1) is 0 Å². The number of pyridine rings is 2. The fraction of sp³-hybridized carbons (Fsp3) is 0.188. The number of nitrogens with zero attached hydrogens (tertiary/aromatic N) is 4. The number of aldehydes is 1. The average Bonchev–Trinajstić information content (AvgIpc) is 2.92. The number of imidazole rings is 1. The van der Waals surface area contributed by atoms with Gasteiger partial charge in [0.2, 0.25) is 0 Å². The summed E-state index contributed by atoms with van der Waals surface area (Å²) in [7, 11) is 1.94. The first kappa shape index (κ1) is 13.3. The molecule has 0 fully saturated rings. The Kier molecular flexibility index (Phi) is 3.64. The van der Waals surface area contributed by atoms with Crippen LogP contribution < -0.4 is 4.90 Å². The molecule has 0 saturated heterocycles. The molecule has 0 aliphatic rings. The summed E-state index contributed by atoms with van der Waals surface area (Å²) in [4.78, 5) is 22.2. The molecule has 0 aliphatic carbocycles. The van der Waals surface area contributed by atoms with Crippen LogP contribution in [0.4, 0.5) is 5.82 Å². The first-order valence-corrected chi connectivity index (χ1v) is 6.83. The molecule has 0 aliphatic heterocycles. The van der Waals surface area contributed by atoms with Crippen molar-refractivity contribution in [2.75, 3.05) is 18.5 Å². The molecule has 3 aromatic heterocycles. The molecule has 0 radical (unpaired) electrons. The van der Waals surface area contributed by atoms with Gasteiger partial charge in [0.25, 0.3) is 0 Å². The summed E-state index contributed by atoms with van der Waals surface area (Å²) in [5.41, 5.74) is 2.38. The Morgan fingerprint density at radius 1 is 1.24 bits per heavy atom. The standard InChI is InChI=1S/C16H16N4O/c1-19(11-8-13-6-2-4-9-17-13)16-14(12-21)20-10-5-3-7-15(20)18-16/h2-7,9-10,12H,8,11H2,1H3. The highest BCUT2D eigenvalue weighted by Gasteiger charge is 2.14. The zero-order valence-electron chi connectivity index (χ0n) is 11.8. The average molecular weight is 280 g/mol. The van der Waals surface area contributed by atoms with Crippen molar-refractivity contribution < 1.29 is 4.79 Å². The second-order valence-electron chi connectivity index (χ2n) is 4.86. The SMILES string of the molecule is CN(CCc1ccccn1)c1nc2ccccn2c1C=O. The number of hydrogen-bond donors (Lipinski definition) is 0. The first-order valence-electron chi connectivity index (χ1n) is 6.83. The summed E-state index contributed by atoms with van der Waals surface area (Å²) in [6.45, 7) is 0.752. The minimum Gasteiger partial charge on any atom is -0.357 e.